The van der Waals surface area contributed by atoms with Gasteiger partial charge in [-0.3, -0.25) is 4.57 Å². The quantitative estimate of drug-likeness (QED) is 0.687. The van der Waals surface area contributed by atoms with Gasteiger partial charge in [0.25, 0.3) is 0 Å². The zero-order chi connectivity index (χ0) is 17.8. The normalized spacial score (nSPS) is 18.8. The molecule has 1 aliphatic carbocycles. The van der Waals surface area contributed by atoms with E-state index in [2.05, 4.69) is 10.00 Å². The first-order valence-corrected chi connectivity index (χ1v) is 10.3. The molecule has 1 saturated carbocycles. The Morgan fingerprint density at radius 1 is 1.19 bits per heavy atom. The number of nitrogens with zero attached hydrogens (tertiary/aromatic N) is 5. The molecule has 3 heterocycles. The lowest BCUT2D eigenvalue weighted by Crippen LogP contribution is -2.34. The number of aromatic nitrogens is 4. The summed E-state index contributed by atoms with van der Waals surface area (Å²) in [6.07, 6.45) is 4.21. The Kier molecular flexibility index (Phi) is 3.83. The first kappa shape index (κ1) is 16.3. The molecule has 5 rings (SSSR count). The van der Waals surface area contributed by atoms with Crippen LogP contribution in [0.3, 0.4) is 0 Å². The van der Waals surface area contributed by atoms with Crippen LogP contribution >= 0.6 is 22.9 Å². The third-order valence-electron chi connectivity index (χ3n) is 5.36. The van der Waals surface area contributed by atoms with Gasteiger partial charge in [0.05, 0.1) is 10.2 Å². The van der Waals surface area contributed by atoms with Crippen LogP contribution in [0.25, 0.3) is 10.2 Å². The summed E-state index contributed by atoms with van der Waals surface area (Å²) in [6.45, 7) is 1.88. The van der Waals surface area contributed by atoms with E-state index < -0.39 is 0 Å². The third kappa shape index (κ3) is 2.74. The zero-order valence-electron chi connectivity index (χ0n) is 14.6. The van der Waals surface area contributed by atoms with Crippen molar-refractivity contribution in [2.45, 2.75) is 37.6 Å². The summed E-state index contributed by atoms with van der Waals surface area (Å²) in [4.78, 5) is 19.5. The number of fused-ring (bicyclic) bond motifs is 1. The van der Waals surface area contributed by atoms with E-state index in [-0.39, 0.29) is 5.69 Å². The second kappa shape index (κ2) is 6.09. The molecule has 8 heteroatoms. The highest BCUT2D eigenvalue weighted by Crippen LogP contribution is 2.38. The van der Waals surface area contributed by atoms with Crippen molar-refractivity contribution in [2.24, 2.45) is 7.05 Å². The number of thiazole rings is 1. The van der Waals surface area contributed by atoms with E-state index in [4.69, 9.17) is 16.6 Å². The Balaban J connectivity index is 1.36. The Bertz CT molecular complexity index is 1030. The van der Waals surface area contributed by atoms with Crippen molar-refractivity contribution in [1.82, 2.24) is 19.3 Å². The van der Waals surface area contributed by atoms with E-state index in [0.717, 1.165) is 65.0 Å². The van der Waals surface area contributed by atoms with Crippen molar-refractivity contribution in [2.75, 3.05) is 18.0 Å². The highest BCUT2D eigenvalue weighted by atomic mass is 35.5. The minimum atomic E-state index is 0.0352. The van der Waals surface area contributed by atoms with E-state index in [1.165, 1.54) is 4.68 Å². The van der Waals surface area contributed by atoms with Crippen LogP contribution in [0, 0.1) is 0 Å². The smallest absolute Gasteiger partial charge is 0.345 e. The number of rotatable bonds is 3. The molecule has 0 amide bonds. The standard InChI is InChI=1S/C18H20ClN5OS/c1-22-18(25)24(13-3-4-13)16(21-22)11-6-8-23(9-7-11)17-20-14-5-2-12(19)10-15(14)26-17/h2,5,10-11,13H,3-4,6-9H2,1H3. The van der Waals surface area contributed by atoms with Crippen LogP contribution in [0.15, 0.2) is 23.0 Å². The zero-order valence-corrected chi connectivity index (χ0v) is 16.1. The minimum absolute atomic E-state index is 0.0352. The van der Waals surface area contributed by atoms with Gasteiger partial charge < -0.3 is 4.90 Å². The van der Waals surface area contributed by atoms with Crippen molar-refractivity contribution in [3.63, 3.8) is 0 Å². The molecule has 1 aliphatic heterocycles. The number of hydrogen-bond donors (Lipinski definition) is 0. The molecule has 0 N–H and O–H groups in total. The molecular weight excluding hydrogens is 370 g/mol. The number of halogens is 1. The molecule has 0 radical (unpaired) electrons. The summed E-state index contributed by atoms with van der Waals surface area (Å²) in [5.74, 6) is 1.33. The molecule has 2 aliphatic rings. The van der Waals surface area contributed by atoms with Crippen LogP contribution in [-0.2, 0) is 7.05 Å². The van der Waals surface area contributed by atoms with Crippen LogP contribution < -0.4 is 10.6 Å². The van der Waals surface area contributed by atoms with Gasteiger partial charge in [0.15, 0.2) is 5.13 Å². The fourth-order valence-electron chi connectivity index (χ4n) is 3.80. The highest BCUT2D eigenvalue weighted by Gasteiger charge is 2.33. The summed E-state index contributed by atoms with van der Waals surface area (Å²) in [5, 5.41) is 6.36. The molecule has 1 saturated heterocycles. The van der Waals surface area contributed by atoms with Crippen molar-refractivity contribution in [3.8, 4) is 0 Å². The van der Waals surface area contributed by atoms with Crippen molar-refractivity contribution >= 4 is 38.3 Å². The van der Waals surface area contributed by atoms with E-state index in [1.54, 1.807) is 18.4 Å². The van der Waals surface area contributed by atoms with Crippen LogP contribution in [-0.4, -0.2) is 32.4 Å². The maximum absolute atomic E-state index is 12.4. The summed E-state index contributed by atoms with van der Waals surface area (Å²) >= 11 is 7.78. The summed E-state index contributed by atoms with van der Waals surface area (Å²) < 4.78 is 4.57. The Hall–Kier alpha value is -1.86. The first-order chi connectivity index (χ1) is 12.6. The van der Waals surface area contributed by atoms with Crippen molar-refractivity contribution < 1.29 is 0 Å². The predicted molar refractivity (Wildman–Crippen MR) is 105 cm³/mol. The van der Waals surface area contributed by atoms with Gasteiger partial charge in [-0.15, -0.1) is 0 Å². The number of anilines is 1. The molecule has 0 atom stereocenters. The predicted octanol–water partition coefficient (Wildman–Crippen LogP) is 3.56. The van der Waals surface area contributed by atoms with Gasteiger partial charge >= 0.3 is 5.69 Å². The largest absolute Gasteiger partial charge is 0.348 e. The summed E-state index contributed by atoms with van der Waals surface area (Å²) in [7, 11) is 1.76. The van der Waals surface area contributed by atoms with Gasteiger partial charge in [0, 0.05) is 37.1 Å². The number of hydrogen-bond acceptors (Lipinski definition) is 5. The minimum Gasteiger partial charge on any atom is -0.348 e. The SMILES string of the molecule is Cn1nc(C2CCN(c3nc4ccc(Cl)cc4s3)CC2)n(C2CC2)c1=O. The lowest BCUT2D eigenvalue weighted by Gasteiger charge is -2.31. The van der Waals surface area contributed by atoms with Crippen LogP contribution in [0.4, 0.5) is 5.13 Å². The number of aryl methyl sites for hydroxylation is 1. The fourth-order valence-corrected chi connectivity index (χ4v) is 5.10. The average Bonchev–Trinajstić information content (AvgIpc) is 3.31. The maximum atomic E-state index is 12.4. The molecular formula is C18H20ClN5OS. The van der Waals surface area contributed by atoms with E-state index in [9.17, 15) is 4.79 Å². The molecule has 26 heavy (non-hydrogen) atoms. The van der Waals surface area contributed by atoms with Gasteiger partial charge in [0.2, 0.25) is 0 Å². The molecule has 2 fully saturated rings. The van der Waals surface area contributed by atoms with Crippen molar-refractivity contribution in [3.05, 3.63) is 39.5 Å². The maximum Gasteiger partial charge on any atom is 0.345 e. The van der Waals surface area contributed by atoms with Gasteiger partial charge in [-0.25, -0.2) is 14.5 Å². The van der Waals surface area contributed by atoms with Crippen LogP contribution in [0.2, 0.25) is 5.02 Å². The van der Waals surface area contributed by atoms with Gasteiger partial charge in [-0.1, -0.05) is 22.9 Å². The third-order valence-corrected chi connectivity index (χ3v) is 6.68. The molecule has 1 aromatic carbocycles. The first-order valence-electron chi connectivity index (χ1n) is 9.06. The van der Waals surface area contributed by atoms with Crippen molar-refractivity contribution in [1.29, 1.82) is 0 Å². The number of piperidine rings is 1. The monoisotopic (exact) mass is 389 g/mol. The second-order valence-corrected chi connectivity index (χ2v) is 8.68. The lowest BCUT2D eigenvalue weighted by molar-refractivity contribution is 0.462. The molecule has 6 nitrogen and oxygen atoms in total. The van der Waals surface area contributed by atoms with Gasteiger partial charge in [-0.2, -0.15) is 5.10 Å². The average molecular weight is 390 g/mol. The molecule has 0 bridgehead atoms. The fraction of sp³-hybridized carbons (Fsp3) is 0.500. The second-order valence-electron chi connectivity index (χ2n) is 7.24. The summed E-state index contributed by atoms with van der Waals surface area (Å²) in [6, 6.07) is 6.22. The van der Waals surface area contributed by atoms with Gasteiger partial charge in [0.1, 0.15) is 5.82 Å². The Morgan fingerprint density at radius 3 is 2.69 bits per heavy atom. The van der Waals surface area contributed by atoms with E-state index in [0.29, 0.717) is 12.0 Å². The summed E-state index contributed by atoms with van der Waals surface area (Å²) in [5.41, 5.74) is 1.04. The molecule has 136 valence electrons. The molecule has 2 aromatic heterocycles. The van der Waals surface area contributed by atoms with Gasteiger partial charge in [-0.05, 0) is 43.9 Å². The molecule has 3 aromatic rings. The Morgan fingerprint density at radius 2 is 1.96 bits per heavy atom. The van der Waals surface area contributed by atoms with Crippen LogP contribution in [0.1, 0.15) is 43.5 Å². The van der Waals surface area contributed by atoms with Crippen LogP contribution in [0.5, 0.6) is 0 Å². The van der Waals surface area contributed by atoms with E-state index >= 15 is 0 Å². The topological polar surface area (TPSA) is 56.0 Å². The molecule has 0 spiro atoms. The molecule has 0 unspecified atom stereocenters. The Labute approximate surface area is 160 Å². The lowest BCUT2D eigenvalue weighted by atomic mass is 9.96. The van der Waals surface area contributed by atoms with E-state index in [1.807, 2.05) is 22.8 Å². The number of benzene rings is 1. The highest BCUT2D eigenvalue weighted by molar-refractivity contribution is 7.22.